The van der Waals surface area contributed by atoms with Crippen molar-refractivity contribution in [1.82, 2.24) is 10.2 Å². The summed E-state index contributed by atoms with van der Waals surface area (Å²) in [4.78, 5) is 6.44. The van der Waals surface area contributed by atoms with Gasteiger partial charge in [0, 0.05) is 44.1 Å². The third kappa shape index (κ3) is 4.96. The van der Waals surface area contributed by atoms with Crippen LogP contribution in [0.2, 0.25) is 0 Å². The van der Waals surface area contributed by atoms with Gasteiger partial charge in [0.2, 0.25) is 0 Å². The van der Waals surface area contributed by atoms with Crippen LogP contribution in [0.15, 0.2) is 16.7 Å². The number of nitrogens with one attached hydrogen (secondary N) is 1. The number of guanidine groups is 1. The van der Waals surface area contributed by atoms with Crippen molar-refractivity contribution in [1.29, 1.82) is 0 Å². The van der Waals surface area contributed by atoms with E-state index in [2.05, 4.69) is 29.1 Å². The van der Waals surface area contributed by atoms with Crippen molar-refractivity contribution >= 4 is 17.6 Å². The van der Waals surface area contributed by atoms with E-state index in [-0.39, 0.29) is 0 Å². The summed E-state index contributed by atoms with van der Waals surface area (Å²) in [5.74, 6) is 0.865. The lowest BCUT2D eigenvalue weighted by Gasteiger charge is -2.31. The Hall–Kier alpha value is -0.740. The summed E-state index contributed by atoms with van der Waals surface area (Å²) in [5.41, 5.74) is 1.42. The minimum atomic E-state index is 0.393. The van der Waals surface area contributed by atoms with E-state index in [1.54, 1.807) is 6.20 Å². The molecule has 4 nitrogen and oxygen atoms in total. The summed E-state index contributed by atoms with van der Waals surface area (Å²) in [5, 5.41) is 3.46. The van der Waals surface area contributed by atoms with Gasteiger partial charge in [-0.25, -0.2) is 4.99 Å². The molecule has 0 aromatic rings. The normalized spacial score (nSPS) is 19.0. The molecule has 1 fully saturated rings. The molecular weight excluding hydrogens is 238 g/mol. The summed E-state index contributed by atoms with van der Waals surface area (Å²) in [6.07, 6.45) is 3.65. The predicted octanol–water partition coefficient (Wildman–Crippen LogP) is 2.16. The van der Waals surface area contributed by atoms with Crippen molar-refractivity contribution < 1.29 is 4.74 Å². The van der Waals surface area contributed by atoms with E-state index in [1.165, 1.54) is 5.54 Å². The molecule has 0 radical (unpaired) electrons. The largest absolute Gasteiger partial charge is 0.381 e. The lowest BCUT2D eigenvalue weighted by molar-refractivity contribution is 0.0815. The number of ether oxygens (including phenoxy) is 1. The second kappa shape index (κ2) is 7.56. The Morgan fingerprint density at radius 2 is 2.12 bits per heavy atom. The molecule has 1 saturated heterocycles. The quantitative estimate of drug-likeness (QED) is 0.623. The molecular formula is C12H22ClN3O. The molecule has 1 heterocycles. The average Bonchev–Trinajstić information content (AvgIpc) is 2.34. The minimum absolute atomic E-state index is 0.393. The van der Waals surface area contributed by atoms with Gasteiger partial charge in [-0.1, -0.05) is 11.6 Å². The molecule has 0 saturated carbocycles. The van der Waals surface area contributed by atoms with Crippen molar-refractivity contribution in [3.8, 4) is 0 Å². The van der Waals surface area contributed by atoms with Crippen LogP contribution >= 0.6 is 11.6 Å². The van der Waals surface area contributed by atoms with Gasteiger partial charge in [0.25, 0.3) is 0 Å². The summed E-state index contributed by atoms with van der Waals surface area (Å²) < 4.78 is 5.34. The number of aliphatic imine (C=N–C) groups is 1. The molecule has 0 amide bonds. The van der Waals surface area contributed by atoms with Crippen LogP contribution in [0.5, 0.6) is 0 Å². The molecule has 1 rings (SSSR count). The van der Waals surface area contributed by atoms with Gasteiger partial charge >= 0.3 is 0 Å². The van der Waals surface area contributed by atoms with E-state index < -0.39 is 0 Å². The van der Waals surface area contributed by atoms with Crippen LogP contribution in [0.3, 0.4) is 0 Å². The second-order valence-electron chi connectivity index (χ2n) is 4.46. The summed E-state index contributed by atoms with van der Waals surface area (Å²) in [6, 6.07) is 0.831. The summed E-state index contributed by atoms with van der Waals surface area (Å²) in [6.45, 7) is 5.90. The third-order valence-corrected chi connectivity index (χ3v) is 3.03. The van der Waals surface area contributed by atoms with Crippen molar-refractivity contribution in [2.75, 3.05) is 20.3 Å². The van der Waals surface area contributed by atoms with Crippen LogP contribution in [0.25, 0.3) is 0 Å². The molecule has 17 heavy (non-hydrogen) atoms. The molecule has 0 aromatic heterocycles. The molecule has 5 heteroatoms. The molecule has 1 aliphatic rings. The molecule has 1 aliphatic heterocycles. The number of rotatable bonds is 3. The lowest BCUT2D eigenvalue weighted by Crippen LogP contribution is -2.48. The maximum absolute atomic E-state index is 5.52. The zero-order chi connectivity index (χ0) is 12.7. The Bertz CT molecular complexity index is 273. The van der Waals surface area contributed by atoms with Crippen LogP contribution in [-0.4, -0.2) is 43.2 Å². The number of hydrogen-bond acceptors (Lipinski definition) is 2. The van der Waals surface area contributed by atoms with Gasteiger partial charge in [-0.3, -0.25) is 0 Å². The van der Waals surface area contributed by atoms with Crippen LogP contribution in [-0.2, 0) is 4.74 Å². The lowest BCUT2D eigenvalue weighted by atomic mass is 10.1. The SMILES string of the molecule is CC(C)N(C)/C(=N\C=C\Cl)NC1CCOCC1. The van der Waals surface area contributed by atoms with Crippen molar-refractivity contribution in [3.05, 3.63) is 11.7 Å². The second-order valence-corrected chi connectivity index (χ2v) is 4.72. The van der Waals surface area contributed by atoms with E-state index >= 15 is 0 Å². The molecule has 0 bridgehead atoms. The van der Waals surface area contributed by atoms with Crippen LogP contribution in [0.1, 0.15) is 26.7 Å². The maximum atomic E-state index is 5.52. The Kier molecular flexibility index (Phi) is 6.37. The van der Waals surface area contributed by atoms with E-state index in [4.69, 9.17) is 16.3 Å². The van der Waals surface area contributed by atoms with Crippen LogP contribution in [0, 0.1) is 0 Å². The molecule has 0 aromatic carbocycles. The van der Waals surface area contributed by atoms with Gasteiger partial charge in [0.15, 0.2) is 5.96 Å². The van der Waals surface area contributed by atoms with E-state index in [0.717, 1.165) is 32.0 Å². The highest BCUT2D eigenvalue weighted by molar-refractivity contribution is 6.25. The Balaban J connectivity index is 2.62. The van der Waals surface area contributed by atoms with Gasteiger partial charge < -0.3 is 15.0 Å². The summed E-state index contributed by atoms with van der Waals surface area (Å²) >= 11 is 5.52. The van der Waals surface area contributed by atoms with Gasteiger partial charge in [-0.05, 0) is 26.7 Å². The van der Waals surface area contributed by atoms with Crippen molar-refractivity contribution in [2.45, 2.75) is 38.8 Å². The highest BCUT2D eigenvalue weighted by Crippen LogP contribution is 2.07. The maximum Gasteiger partial charge on any atom is 0.198 e. The first-order valence-corrected chi connectivity index (χ1v) is 6.49. The molecule has 0 atom stereocenters. The molecule has 0 unspecified atom stereocenters. The number of nitrogens with zero attached hydrogens (tertiary/aromatic N) is 2. The first-order valence-electron chi connectivity index (χ1n) is 6.05. The van der Waals surface area contributed by atoms with E-state index in [9.17, 15) is 0 Å². The molecule has 0 aliphatic carbocycles. The first kappa shape index (κ1) is 14.3. The van der Waals surface area contributed by atoms with Crippen LogP contribution in [0.4, 0.5) is 0 Å². The topological polar surface area (TPSA) is 36.9 Å². The van der Waals surface area contributed by atoms with Crippen molar-refractivity contribution in [2.24, 2.45) is 4.99 Å². The number of halogens is 1. The standard InChI is InChI=1S/C12H22ClN3O/c1-10(2)16(3)12(14-7-6-13)15-11-4-8-17-9-5-11/h6-7,10-11H,4-5,8-9H2,1-3H3,(H,14,15)/b7-6+. The molecule has 98 valence electrons. The van der Waals surface area contributed by atoms with Gasteiger partial charge in [-0.15, -0.1) is 0 Å². The van der Waals surface area contributed by atoms with Crippen molar-refractivity contribution in [3.63, 3.8) is 0 Å². The highest BCUT2D eigenvalue weighted by atomic mass is 35.5. The molecule has 1 N–H and O–H groups in total. The highest BCUT2D eigenvalue weighted by Gasteiger charge is 2.17. The first-order chi connectivity index (χ1) is 8.15. The fourth-order valence-corrected chi connectivity index (χ4v) is 1.65. The fourth-order valence-electron chi connectivity index (χ4n) is 1.60. The zero-order valence-corrected chi connectivity index (χ0v) is 11.6. The van der Waals surface area contributed by atoms with Gasteiger partial charge in [-0.2, -0.15) is 0 Å². The van der Waals surface area contributed by atoms with E-state index in [0.29, 0.717) is 12.1 Å². The van der Waals surface area contributed by atoms with Gasteiger partial charge in [0.05, 0.1) is 0 Å². The Morgan fingerprint density at radius 3 is 2.65 bits per heavy atom. The minimum Gasteiger partial charge on any atom is -0.381 e. The van der Waals surface area contributed by atoms with E-state index in [1.807, 2.05) is 7.05 Å². The average molecular weight is 260 g/mol. The summed E-state index contributed by atoms with van der Waals surface area (Å²) in [7, 11) is 2.03. The Morgan fingerprint density at radius 1 is 1.47 bits per heavy atom. The zero-order valence-electron chi connectivity index (χ0n) is 10.8. The smallest absolute Gasteiger partial charge is 0.198 e. The predicted molar refractivity (Wildman–Crippen MR) is 72.3 cm³/mol. The molecule has 0 spiro atoms. The third-order valence-electron chi connectivity index (χ3n) is 2.92. The fraction of sp³-hybridized carbons (Fsp3) is 0.750. The Labute approximate surface area is 109 Å². The van der Waals surface area contributed by atoms with Crippen LogP contribution < -0.4 is 5.32 Å². The monoisotopic (exact) mass is 259 g/mol. The van der Waals surface area contributed by atoms with Gasteiger partial charge in [0.1, 0.15) is 0 Å². The number of hydrogen-bond donors (Lipinski definition) is 1.